The van der Waals surface area contributed by atoms with Crippen molar-refractivity contribution in [3.05, 3.63) is 71.8 Å². The Kier molecular flexibility index (Phi) is 12.8. The van der Waals surface area contributed by atoms with Crippen molar-refractivity contribution in [3.8, 4) is 0 Å². The van der Waals surface area contributed by atoms with Crippen LogP contribution >= 0.6 is 0 Å². The lowest BCUT2D eigenvalue weighted by atomic mass is 10.00. The number of rotatable bonds is 15. The summed E-state index contributed by atoms with van der Waals surface area (Å²) in [6, 6.07) is 22.0. The summed E-state index contributed by atoms with van der Waals surface area (Å²) in [5.74, 6) is 0. The second-order valence-corrected chi connectivity index (χ2v) is 24.7. The van der Waals surface area contributed by atoms with Crippen LogP contribution in [0.25, 0.3) is 0 Å². The first-order valence-electron chi connectivity index (χ1n) is 15.1. The van der Waals surface area contributed by atoms with E-state index in [1.165, 1.54) is 0 Å². The molecule has 0 N–H and O–H groups in total. The molecule has 0 radical (unpaired) electrons. The van der Waals surface area contributed by atoms with Gasteiger partial charge in [-0.2, -0.15) is 0 Å². The van der Waals surface area contributed by atoms with Crippen LogP contribution in [0.5, 0.6) is 0 Å². The minimum absolute atomic E-state index is 0.158. The maximum absolute atomic E-state index is 6.63. The van der Waals surface area contributed by atoms with Gasteiger partial charge in [0.2, 0.25) is 0 Å². The molecule has 2 aliphatic heterocycles. The van der Waals surface area contributed by atoms with Gasteiger partial charge in [-0.1, -0.05) is 99.9 Å². The van der Waals surface area contributed by atoms with Crippen LogP contribution in [0.1, 0.15) is 23.7 Å². The van der Waals surface area contributed by atoms with E-state index in [-0.39, 0.29) is 13.6 Å². The molecule has 0 spiro atoms. The number of ether oxygens (including phenoxy) is 8. The number of hydrogen-bond acceptors (Lipinski definition) is 8. The van der Waals surface area contributed by atoms with E-state index in [2.05, 4.69) is 39.3 Å². The molecule has 0 amide bonds. The van der Waals surface area contributed by atoms with Crippen LogP contribution in [-0.4, -0.2) is 80.6 Å². The van der Waals surface area contributed by atoms with Gasteiger partial charge in [-0.05, 0) is 12.1 Å². The Morgan fingerprint density at radius 1 is 0.595 bits per heavy atom. The maximum atomic E-state index is 6.63. The van der Waals surface area contributed by atoms with Crippen LogP contribution in [0.2, 0.25) is 51.4 Å². The Hall–Kier alpha value is -1.45. The zero-order chi connectivity index (χ0) is 30.0. The molecule has 2 aromatic carbocycles. The molecule has 2 heterocycles. The van der Waals surface area contributed by atoms with Gasteiger partial charge in [0.1, 0.15) is 38.0 Å². The molecule has 2 fully saturated rings. The van der Waals surface area contributed by atoms with Crippen molar-refractivity contribution in [1.82, 2.24) is 0 Å². The van der Waals surface area contributed by atoms with Crippen molar-refractivity contribution < 1.29 is 37.9 Å². The normalized spacial score (nSPS) is 27.2. The van der Waals surface area contributed by atoms with Crippen LogP contribution in [0.4, 0.5) is 0 Å². The van der Waals surface area contributed by atoms with Gasteiger partial charge in [0.05, 0.1) is 13.2 Å². The van der Waals surface area contributed by atoms with Crippen molar-refractivity contribution in [2.75, 3.05) is 40.0 Å². The van der Waals surface area contributed by atoms with Gasteiger partial charge in [-0.3, -0.25) is 0 Å². The molecule has 0 aromatic heterocycles. The molecule has 2 aromatic rings. The molecule has 0 aliphatic carbocycles. The average molecular weight is 619 g/mol. The highest BCUT2D eigenvalue weighted by Crippen LogP contribution is 2.36. The summed E-state index contributed by atoms with van der Waals surface area (Å²) in [7, 11) is -2.40. The van der Waals surface area contributed by atoms with Crippen molar-refractivity contribution in [2.45, 2.75) is 88.4 Å². The lowest BCUT2D eigenvalue weighted by Crippen LogP contribution is -2.57. The molecule has 0 unspecified atom stereocenters. The number of hydrogen-bond donors (Lipinski definition) is 0. The zero-order valence-corrected chi connectivity index (χ0v) is 28.2. The van der Waals surface area contributed by atoms with E-state index in [1.54, 1.807) is 0 Å². The molecule has 0 saturated carbocycles. The molecule has 0 bridgehead atoms. The maximum Gasteiger partial charge on any atom is 0.184 e. The summed E-state index contributed by atoms with van der Waals surface area (Å²) in [5, 5.41) is 0. The monoisotopic (exact) mass is 618 g/mol. The fourth-order valence-corrected chi connectivity index (χ4v) is 6.19. The standard InChI is InChI=1S/C32H50O8Si2/c1-41(2,3)19-17-33-23-37-27-21-35-31(25-13-9-7-10-14-25)39-29(27)30-28(38-24-34-18-20-42(4,5)6)22-36-32(40-30)26-15-11-8-12-16-26/h7-16,27-32H,17-24H2,1-6H3/t27-,28-,29-,30-,31-,32-/m1/s1. The first-order valence-corrected chi connectivity index (χ1v) is 22.5. The highest BCUT2D eigenvalue weighted by molar-refractivity contribution is 6.76. The van der Waals surface area contributed by atoms with Crippen molar-refractivity contribution in [2.24, 2.45) is 0 Å². The van der Waals surface area contributed by atoms with Gasteiger partial charge < -0.3 is 37.9 Å². The summed E-state index contributed by atoms with van der Waals surface area (Å²) in [6.07, 6.45) is -2.94. The van der Waals surface area contributed by atoms with Crippen LogP contribution in [0, 0.1) is 0 Å². The Labute approximate surface area is 253 Å². The molecule has 42 heavy (non-hydrogen) atoms. The van der Waals surface area contributed by atoms with E-state index < -0.39 is 53.1 Å². The predicted octanol–water partition coefficient (Wildman–Crippen LogP) is 6.61. The summed E-state index contributed by atoms with van der Waals surface area (Å²) < 4.78 is 49.9. The highest BCUT2D eigenvalue weighted by Gasteiger charge is 2.47. The summed E-state index contributed by atoms with van der Waals surface area (Å²) >= 11 is 0. The van der Waals surface area contributed by atoms with Gasteiger partial charge in [0, 0.05) is 40.5 Å². The molecule has 8 nitrogen and oxygen atoms in total. The third-order valence-electron chi connectivity index (χ3n) is 7.31. The quantitative estimate of drug-likeness (QED) is 0.125. The Bertz CT molecular complexity index is 947. The van der Waals surface area contributed by atoms with Crippen LogP contribution in [0.3, 0.4) is 0 Å². The molecule has 2 saturated heterocycles. The van der Waals surface area contributed by atoms with E-state index in [0.29, 0.717) is 26.4 Å². The predicted molar refractivity (Wildman–Crippen MR) is 168 cm³/mol. The first kappa shape index (κ1) is 33.4. The Morgan fingerprint density at radius 2 is 0.976 bits per heavy atom. The average Bonchev–Trinajstić information content (AvgIpc) is 2.97. The molecule has 2 aliphatic rings. The Balaban J connectivity index is 1.49. The van der Waals surface area contributed by atoms with E-state index in [4.69, 9.17) is 37.9 Å². The van der Waals surface area contributed by atoms with Gasteiger partial charge >= 0.3 is 0 Å². The Morgan fingerprint density at radius 3 is 1.33 bits per heavy atom. The SMILES string of the molecule is C[Si](C)(C)CCOCO[C@@H]1CO[C@@H](c2ccccc2)O[C@H]1[C@@H]1O[C@H](c2ccccc2)OC[C@H]1OCOCC[Si](C)(C)C. The summed E-state index contributed by atoms with van der Waals surface area (Å²) in [4.78, 5) is 0. The minimum atomic E-state index is -1.20. The second kappa shape index (κ2) is 16.0. The van der Waals surface area contributed by atoms with E-state index >= 15 is 0 Å². The summed E-state index contributed by atoms with van der Waals surface area (Å²) in [5.41, 5.74) is 1.87. The van der Waals surface area contributed by atoms with E-state index in [9.17, 15) is 0 Å². The van der Waals surface area contributed by atoms with Gasteiger partial charge in [0.15, 0.2) is 12.6 Å². The summed E-state index contributed by atoms with van der Waals surface area (Å²) in [6.45, 7) is 16.3. The molecule has 10 heteroatoms. The smallest absolute Gasteiger partial charge is 0.184 e. The largest absolute Gasteiger partial charge is 0.356 e. The lowest BCUT2D eigenvalue weighted by Gasteiger charge is -2.45. The fourth-order valence-electron chi connectivity index (χ4n) is 4.67. The topological polar surface area (TPSA) is 73.8 Å². The van der Waals surface area contributed by atoms with Crippen LogP contribution < -0.4 is 0 Å². The molecule has 234 valence electrons. The highest BCUT2D eigenvalue weighted by atomic mass is 28.3. The lowest BCUT2D eigenvalue weighted by molar-refractivity contribution is -0.347. The third kappa shape index (κ3) is 10.9. The van der Waals surface area contributed by atoms with Crippen molar-refractivity contribution >= 4 is 16.1 Å². The van der Waals surface area contributed by atoms with Crippen LogP contribution in [-0.2, 0) is 37.9 Å². The van der Waals surface area contributed by atoms with Crippen LogP contribution in [0.15, 0.2) is 60.7 Å². The zero-order valence-electron chi connectivity index (χ0n) is 26.2. The van der Waals surface area contributed by atoms with Crippen molar-refractivity contribution in [3.63, 3.8) is 0 Å². The minimum Gasteiger partial charge on any atom is -0.356 e. The van der Waals surface area contributed by atoms with E-state index in [1.807, 2.05) is 60.7 Å². The molecular weight excluding hydrogens is 569 g/mol. The van der Waals surface area contributed by atoms with Gasteiger partial charge in [0.25, 0.3) is 0 Å². The van der Waals surface area contributed by atoms with Gasteiger partial charge in [-0.25, -0.2) is 0 Å². The van der Waals surface area contributed by atoms with Gasteiger partial charge in [-0.15, -0.1) is 0 Å². The van der Waals surface area contributed by atoms with Crippen molar-refractivity contribution in [1.29, 1.82) is 0 Å². The number of benzene rings is 2. The second-order valence-electron chi connectivity index (χ2n) is 13.4. The third-order valence-corrected chi connectivity index (χ3v) is 10.7. The molecular formula is C32H50O8Si2. The fraction of sp³-hybridized carbons (Fsp3) is 0.625. The van der Waals surface area contributed by atoms with E-state index in [0.717, 1.165) is 23.2 Å². The first-order chi connectivity index (χ1) is 20.1. The molecule has 4 rings (SSSR count). The molecule has 6 atom stereocenters.